The zero-order valence-corrected chi connectivity index (χ0v) is 15.0. The summed E-state index contributed by atoms with van der Waals surface area (Å²) in [6, 6.07) is 14.4. The lowest BCUT2D eigenvalue weighted by molar-refractivity contribution is 0.408. The second-order valence-electron chi connectivity index (χ2n) is 4.57. The Morgan fingerprint density at radius 3 is 2.50 bits per heavy atom. The second-order valence-corrected chi connectivity index (χ2v) is 6.71. The first kappa shape index (κ1) is 15.9. The maximum atomic E-state index is 6.17. The summed E-state index contributed by atoms with van der Waals surface area (Å²) < 4.78 is 7.56. The van der Waals surface area contributed by atoms with Crippen LogP contribution in [0, 0.1) is 0 Å². The van der Waals surface area contributed by atoms with Crippen LogP contribution >= 0.6 is 43.5 Å². The summed E-state index contributed by atoms with van der Waals surface area (Å²) >= 11 is 13.2. The van der Waals surface area contributed by atoms with E-state index in [0.29, 0.717) is 5.88 Å². The topological polar surface area (TPSA) is 9.23 Å². The van der Waals surface area contributed by atoms with Crippen molar-refractivity contribution in [1.82, 2.24) is 0 Å². The molecular weight excluding hydrogens is 403 g/mol. The average molecular weight is 419 g/mol. The number of halogens is 3. The van der Waals surface area contributed by atoms with Crippen LogP contribution in [0.5, 0.6) is 5.75 Å². The lowest BCUT2D eigenvalue weighted by Crippen LogP contribution is -2.06. The Balaban J connectivity index is 2.28. The summed E-state index contributed by atoms with van der Waals surface area (Å²) in [6.45, 7) is 0. The van der Waals surface area contributed by atoms with Gasteiger partial charge in [-0.3, -0.25) is 0 Å². The first-order valence-corrected chi connectivity index (χ1v) is 8.40. The van der Waals surface area contributed by atoms with Gasteiger partial charge in [-0.1, -0.05) is 44.0 Å². The molecule has 0 aliphatic rings. The lowest BCUT2D eigenvalue weighted by Gasteiger charge is -2.17. The van der Waals surface area contributed by atoms with Gasteiger partial charge in [-0.05, 0) is 47.9 Å². The Hall–Kier alpha value is -0.510. The molecular formula is C16H15Br2ClO. The number of hydrogen-bond acceptors (Lipinski definition) is 1. The van der Waals surface area contributed by atoms with Crippen molar-refractivity contribution in [2.75, 3.05) is 13.0 Å². The Morgan fingerprint density at radius 2 is 1.85 bits per heavy atom. The quantitative estimate of drug-likeness (QED) is 0.559. The average Bonchev–Trinajstić information content (AvgIpc) is 2.45. The molecule has 0 fully saturated rings. The summed E-state index contributed by atoms with van der Waals surface area (Å²) in [4.78, 5) is 0. The minimum absolute atomic E-state index is 0.261. The monoisotopic (exact) mass is 416 g/mol. The fraction of sp³-hybridized carbons (Fsp3) is 0.250. The third-order valence-electron chi connectivity index (χ3n) is 3.22. The predicted octanol–water partition coefficient (Wildman–Crippen LogP) is 5.79. The summed E-state index contributed by atoms with van der Waals surface area (Å²) in [5.41, 5.74) is 2.39. The van der Waals surface area contributed by atoms with Crippen molar-refractivity contribution in [1.29, 1.82) is 0 Å². The molecule has 2 aromatic rings. The van der Waals surface area contributed by atoms with Gasteiger partial charge in [-0.25, -0.2) is 0 Å². The van der Waals surface area contributed by atoms with Crippen LogP contribution in [0.25, 0.3) is 0 Å². The van der Waals surface area contributed by atoms with Crippen LogP contribution in [0.15, 0.2) is 51.4 Å². The summed E-state index contributed by atoms with van der Waals surface area (Å²) in [6.07, 6.45) is 0.850. The largest absolute Gasteiger partial charge is 0.496 e. The molecule has 0 N–H and O–H groups in total. The Labute approximate surface area is 141 Å². The maximum Gasteiger partial charge on any atom is 0.122 e. The fourth-order valence-electron chi connectivity index (χ4n) is 2.19. The van der Waals surface area contributed by atoms with Crippen LogP contribution < -0.4 is 4.74 Å². The van der Waals surface area contributed by atoms with Gasteiger partial charge in [0.15, 0.2) is 0 Å². The summed E-state index contributed by atoms with van der Waals surface area (Å²) in [5.74, 6) is 1.74. The Morgan fingerprint density at radius 1 is 1.10 bits per heavy atom. The highest BCUT2D eigenvalue weighted by atomic mass is 79.9. The Kier molecular flexibility index (Phi) is 5.94. The molecule has 0 saturated heterocycles. The van der Waals surface area contributed by atoms with E-state index in [4.69, 9.17) is 16.3 Å². The van der Waals surface area contributed by atoms with E-state index in [-0.39, 0.29) is 5.92 Å². The first-order valence-electron chi connectivity index (χ1n) is 6.28. The van der Waals surface area contributed by atoms with Gasteiger partial charge in [-0.2, -0.15) is 0 Å². The van der Waals surface area contributed by atoms with Gasteiger partial charge in [-0.15, -0.1) is 11.6 Å². The van der Waals surface area contributed by atoms with E-state index in [9.17, 15) is 0 Å². The molecule has 1 nitrogen and oxygen atoms in total. The fourth-order valence-corrected chi connectivity index (χ4v) is 3.31. The van der Waals surface area contributed by atoms with Crippen molar-refractivity contribution in [3.63, 3.8) is 0 Å². The van der Waals surface area contributed by atoms with E-state index in [1.54, 1.807) is 7.11 Å². The van der Waals surface area contributed by atoms with Crippen LogP contribution in [-0.2, 0) is 6.42 Å². The highest BCUT2D eigenvalue weighted by Gasteiger charge is 2.15. The molecule has 0 amide bonds. The van der Waals surface area contributed by atoms with Crippen molar-refractivity contribution >= 4 is 43.5 Å². The molecule has 0 spiro atoms. The van der Waals surface area contributed by atoms with Gasteiger partial charge in [0, 0.05) is 20.7 Å². The molecule has 0 aliphatic carbocycles. The molecule has 20 heavy (non-hydrogen) atoms. The van der Waals surface area contributed by atoms with Crippen LogP contribution in [0.4, 0.5) is 0 Å². The molecule has 2 rings (SSSR count). The van der Waals surface area contributed by atoms with Gasteiger partial charge < -0.3 is 4.74 Å². The van der Waals surface area contributed by atoms with Crippen LogP contribution in [0.1, 0.15) is 17.0 Å². The van der Waals surface area contributed by atoms with Crippen molar-refractivity contribution in [3.05, 3.63) is 62.5 Å². The van der Waals surface area contributed by atoms with E-state index < -0.39 is 0 Å². The number of benzene rings is 2. The molecule has 1 atom stereocenters. The van der Waals surface area contributed by atoms with Gasteiger partial charge in [0.2, 0.25) is 0 Å². The van der Waals surface area contributed by atoms with E-state index in [0.717, 1.165) is 26.7 Å². The maximum absolute atomic E-state index is 6.17. The van der Waals surface area contributed by atoms with Crippen molar-refractivity contribution < 1.29 is 4.74 Å². The minimum atomic E-state index is 0.261. The Bertz CT molecular complexity index is 586. The van der Waals surface area contributed by atoms with Crippen molar-refractivity contribution in [2.24, 2.45) is 0 Å². The van der Waals surface area contributed by atoms with Gasteiger partial charge in [0.1, 0.15) is 5.75 Å². The molecule has 0 aliphatic heterocycles. The smallest absolute Gasteiger partial charge is 0.122 e. The number of ether oxygens (including phenoxy) is 1. The second kappa shape index (κ2) is 7.48. The highest BCUT2D eigenvalue weighted by molar-refractivity contribution is 9.10. The number of hydrogen-bond donors (Lipinski definition) is 0. The molecule has 0 aromatic heterocycles. The standard InChI is InChI=1S/C16H15Br2ClO/c1-20-16-6-5-15(18)9-12(16)7-13(10-19)11-3-2-4-14(17)8-11/h2-6,8-9,13H,7,10H2,1H3. The molecule has 4 heteroatoms. The highest BCUT2D eigenvalue weighted by Crippen LogP contribution is 2.30. The number of alkyl halides is 1. The lowest BCUT2D eigenvalue weighted by atomic mass is 9.93. The van der Waals surface area contributed by atoms with E-state index in [1.165, 1.54) is 5.56 Å². The zero-order valence-electron chi connectivity index (χ0n) is 11.1. The van der Waals surface area contributed by atoms with E-state index in [2.05, 4.69) is 50.1 Å². The molecule has 0 heterocycles. The molecule has 2 aromatic carbocycles. The summed E-state index contributed by atoms with van der Waals surface area (Å²) in [5, 5.41) is 0. The summed E-state index contributed by atoms with van der Waals surface area (Å²) in [7, 11) is 1.70. The molecule has 0 radical (unpaired) electrons. The number of methoxy groups -OCH3 is 1. The predicted molar refractivity (Wildman–Crippen MR) is 92.0 cm³/mol. The van der Waals surface area contributed by atoms with Crippen LogP contribution in [-0.4, -0.2) is 13.0 Å². The molecule has 1 unspecified atom stereocenters. The van der Waals surface area contributed by atoms with E-state index in [1.807, 2.05) is 24.3 Å². The SMILES string of the molecule is COc1ccc(Br)cc1CC(CCl)c1cccc(Br)c1. The van der Waals surface area contributed by atoms with E-state index >= 15 is 0 Å². The van der Waals surface area contributed by atoms with Crippen LogP contribution in [0.2, 0.25) is 0 Å². The van der Waals surface area contributed by atoms with Crippen molar-refractivity contribution in [3.8, 4) is 5.75 Å². The van der Waals surface area contributed by atoms with Crippen molar-refractivity contribution in [2.45, 2.75) is 12.3 Å². The first-order chi connectivity index (χ1) is 9.63. The molecule has 106 valence electrons. The van der Waals surface area contributed by atoms with Crippen LogP contribution in [0.3, 0.4) is 0 Å². The third kappa shape index (κ3) is 4.00. The molecule has 0 bridgehead atoms. The number of rotatable bonds is 5. The molecule has 0 saturated carbocycles. The van der Waals surface area contributed by atoms with Gasteiger partial charge >= 0.3 is 0 Å². The normalized spacial score (nSPS) is 12.2. The van der Waals surface area contributed by atoms with Gasteiger partial charge in [0.25, 0.3) is 0 Å². The third-order valence-corrected chi connectivity index (χ3v) is 4.57. The van der Waals surface area contributed by atoms with Gasteiger partial charge in [0.05, 0.1) is 7.11 Å². The zero-order chi connectivity index (χ0) is 14.5. The minimum Gasteiger partial charge on any atom is -0.496 e.